The lowest BCUT2D eigenvalue weighted by molar-refractivity contribution is 0.0970. The highest BCUT2D eigenvalue weighted by Crippen LogP contribution is 2.20. The van der Waals surface area contributed by atoms with E-state index < -0.39 is 0 Å². The zero-order valence-corrected chi connectivity index (χ0v) is 11.0. The summed E-state index contributed by atoms with van der Waals surface area (Å²) >= 11 is 5.28. The van der Waals surface area contributed by atoms with Gasteiger partial charge in [0, 0.05) is 19.9 Å². The molecule has 1 aliphatic rings. The lowest BCUT2D eigenvalue weighted by Crippen LogP contribution is -2.15. The van der Waals surface area contributed by atoms with Crippen molar-refractivity contribution in [3.05, 3.63) is 17.2 Å². The van der Waals surface area contributed by atoms with Crippen molar-refractivity contribution in [3.8, 4) is 11.4 Å². The predicted molar refractivity (Wildman–Crippen MR) is 68.6 cm³/mol. The Kier molecular flexibility index (Phi) is 3.00. The van der Waals surface area contributed by atoms with Crippen molar-refractivity contribution < 1.29 is 4.74 Å². The highest BCUT2D eigenvalue weighted by atomic mass is 32.1. The van der Waals surface area contributed by atoms with Gasteiger partial charge in [0.05, 0.1) is 24.4 Å². The van der Waals surface area contributed by atoms with Crippen molar-refractivity contribution in [2.45, 2.75) is 25.5 Å². The van der Waals surface area contributed by atoms with E-state index >= 15 is 0 Å². The van der Waals surface area contributed by atoms with Crippen molar-refractivity contribution in [1.29, 1.82) is 0 Å². The van der Waals surface area contributed by atoms with Gasteiger partial charge in [0.25, 0.3) is 0 Å². The monoisotopic (exact) mass is 265 g/mol. The molecule has 2 aromatic rings. The molecule has 1 aliphatic heterocycles. The summed E-state index contributed by atoms with van der Waals surface area (Å²) in [7, 11) is 1.88. The maximum Gasteiger partial charge on any atom is 0.195 e. The average molecular weight is 265 g/mol. The number of aryl methyl sites for hydroxylation is 1. The van der Waals surface area contributed by atoms with E-state index in [4.69, 9.17) is 17.0 Å². The maximum absolute atomic E-state index is 5.65. The van der Waals surface area contributed by atoms with E-state index in [9.17, 15) is 0 Å². The number of rotatable bonds is 3. The SMILES string of the molecule is Cn1cc(-c2n[nH]c(=S)n2C[C@H]2CCCO2)cn1. The van der Waals surface area contributed by atoms with Gasteiger partial charge >= 0.3 is 0 Å². The summed E-state index contributed by atoms with van der Waals surface area (Å²) in [5.41, 5.74) is 0.961. The zero-order valence-electron chi connectivity index (χ0n) is 10.2. The molecule has 1 N–H and O–H groups in total. The van der Waals surface area contributed by atoms with Crippen molar-refractivity contribution >= 4 is 12.2 Å². The summed E-state index contributed by atoms with van der Waals surface area (Å²) < 4.78 is 10.0. The first-order valence-electron chi connectivity index (χ1n) is 6.00. The lowest BCUT2D eigenvalue weighted by Gasteiger charge is -2.11. The quantitative estimate of drug-likeness (QED) is 0.855. The van der Waals surface area contributed by atoms with Crippen LogP contribution in [0.15, 0.2) is 12.4 Å². The van der Waals surface area contributed by atoms with Gasteiger partial charge in [-0.2, -0.15) is 10.2 Å². The molecule has 0 aromatic carbocycles. The number of hydrogen-bond donors (Lipinski definition) is 1. The predicted octanol–water partition coefficient (Wildman–Crippen LogP) is 1.52. The Balaban J connectivity index is 1.93. The van der Waals surface area contributed by atoms with E-state index in [2.05, 4.69) is 15.3 Å². The zero-order chi connectivity index (χ0) is 12.5. The Labute approximate surface area is 110 Å². The highest BCUT2D eigenvalue weighted by Gasteiger charge is 2.19. The van der Waals surface area contributed by atoms with Crippen LogP contribution in [0.1, 0.15) is 12.8 Å². The number of hydrogen-bond acceptors (Lipinski definition) is 4. The van der Waals surface area contributed by atoms with Crippen LogP contribution in [0.3, 0.4) is 0 Å². The van der Waals surface area contributed by atoms with Gasteiger partial charge in [0.1, 0.15) is 0 Å². The van der Waals surface area contributed by atoms with Crippen LogP contribution in [0.4, 0.5) is 0 Å². The third-order valence-electron chi connectivity index (χ3n) is 3.13. The summed E-state index contributed by atoms with van der Waals surface area (Å²) in [4.78, 5) is 0. The van der Waals surface area contributed by atoms with Gasteiger partial charge in [-0.25, -0.2) is 0 Å². The molecule has 0 unspecified atom stereocenters. The second-order valence-electron chi connectivity index (χ2n) is 4.50. The summed E-state index contributed by atoms with van der Waals surface area (Å²) in [5.74, 6) is 0.823. The molecule has 1 saturated heterocycles. The van der Waals surface area contributed by atoms with Crippen molar-refractivity contribution in [2.75, 3.05) is 6.61 Å². The lowest BCUT2D eigenvalue weighted by atomic mass is 10.2. The van der Waals surface area contributed by atoms with Crippen LogP contribution < -0.4 is 0 Å². The van der Waals surface area contributed by atoms with Crippen LogP contribution >= 0.6 is 12.2 Å². The molecule has 0 bridgehead atoms. The first-order chi connectivity index (χ1) is 8.74. The van der Waals surface area contributed by atoms with Gasteiger partial charge in [-0.1, -0.05) is 0 Å². The molecule has 2 aromatic heterocycles. The normalized spacial score (nSPS) is 19.5. The number of ether oxygens (including phenoxy) is 1. The number of aromatic amines is 1. The molecular formula is C11H15N5OS. The van der Waals surface area contributed by atoms with Gasteiger partial charge in [-0.3, -0.25) is 14.3 Å². The molecule has 0 spiro atoms. The van der Waals surface area contributed by atoms with Gasteiger partial charge in [0.15, 0.2) is 10.6 Å². The molecule has 1 fully saturated rings. The third-order valence-corrected chi connectivity index (χ3v) is 3.44. The molecule has 0 aliphatic carbocycles. The molecule has 6 nitrogen and oxygen atoms in total. The largest absolute Gasteiger partial charge is 0.376 e. The first-order valence-corrected chi connectivity index (χ1v) is 6.40. The number of nitrogens with zero attached hydrogens (tertiary/aromatic N) is 4. The molecule has 3 heterocycles. The number of aromatic nitrogens is 5. The maximum atomic E-state index is 5.65. The highest BCUT2D eigenvalue weighted by molar-refractivity contribution is 7.71. The summed E-state index contributed by atoms with van der Waals surface area (Å²) in [6.07, 6.45) is 6.16. The molecule has 0 radical (unpaired) electrons. The van der Waals surface area contributed by atoms with E-state index in [0.717, 1.165) is 37.4 Å². The van der Waals surface area contributed by atoms with E-state index in [1.165, 1.54) is 0 Å². The Hall–Kier alpha value is -1.47. The number of nitrogens with one attached hydrogen (secondary N) is 1. The smallest absolute Gasteiger partial charge is 0.195 e. The van der Waals surface area contributed by atoms with Crippen LogP contribution in [-0.4, -0.2) is 37.3 Å². The van der Waals surface area contributed by atoms with Crippen molar-refractivity contribution in [3.63, 3.8) is 0 Å². The van der Waals surface area contributed by atoms with E-state index in [0.29, 0.717) is 4.77 Å². The standard InChI is InChI=1S/C11H15N5OS/c1-15-6-8(5-12-15)10-13-14-11(18)16(10)7-9-3-2-4-17-9/h5-6,9H,2-4,7H2,1H3,(H,14,18)/t9-/m1/s1. The molecule has 7 heteroatoms. The minimum atomic E-state index is 0.240. The van der Waals surface area contributed by atoms with Crippen LogP contribution in [0.5, 0.6) is 0 Å². The van der Waals surface area contributed by atoms with Gasteiger partial charge in [0.2, 0.25) is 0 Å². The fourth-order valence-corrected chi connectivity index (χ4v) is 2.44. The minimum absolute atomic E-state index is 0.240. The summed E-state index contributed by atoms with van der Waals surface area (Å²) in [5, 5.41) is 11.3. The van der Waals surface area contributed by atoms with Crippen molar-refractivity contribution in [1.82, 2.24) is 24.5 Å². The van der Waals surface area contributed by atoms with Gasteiger partial charge in [-0.05, 0) is 25.1 Å². The Morgan fingerprint density at radius 2 is 2.50 bits per heavy atom. The van der Waals surface area contributed by atoms with E-state index in [1.54, 1.807) is 10.9 Å². The Morgan fingerprint density at radius 3 is 3.17 bits per heavy atom. The van der Waals surface area contributed by atoms with Gasteiger partial charge < -0.3 is 4.74 Å². The second-order valence-corrected chi connectivity index (χ2v) is 4.89. The molecule has 96 valence electrons. The van der Waals surface area contributed by atoms with Crippen LogP contribution in [0, 0.1) is 4.77 Å². The Morgan fingerprint density at radius 1 is 1.61 bits per heavy atom. The molecule has 0 saturated carbocycles. The molecule has 1 atom stereocenters. The fraction of sp³-hybridized carbons (Fsp3) is 0.545. The third kappa shape index (κ3) is 2.11. The van der Waals surface area contributed by atoms with Crippen molar-refractivity contribution in [2.24, 2.45) is 7.05 Å². The first kappa shape index (κ1) is 11.6. The fourth-order valence-electron chi connectivity index (χ4n) is 2.24. The van der Waals surface area contributed by atoms with Crippen LogP contribution in [0.2, 0.25) is 0 Å². The summed E-state index contributed by atoms with van der Waals surface area (Å²) in [6.45, 7) is 1.59. The average Bonchev–Trinajstić information content (AvgIpc) is 3.04. The second kappa shape index (κ2) is 4.66. The van der Waals surface area contributed by atoms with E-state index in [-0.39, 0.29) is 6.10 Å². The minimum Gasteiger partial charge on any atom is -0.376 e. The topological polar surface area (TPSA) is 60.7 Å². The molecule has 0 amide bonds. The van der Waals surface area contributed by atoms with Crippen LogP contribution in [0.25, 0.3) is 11.4 Å². The van der Waals surface area contributed by atoms with Gasteiger partial charge in [-0.15, -0.1) is 0 Å². The van der Waals surface area contributed by atoms with Crippen LogP contribution in [-0.2, 0) is 18.3 Å². The summed E-state index contributed by atoms with van der Waals surface area (Å²) in [6, 6.07) is 0. The number of H-pyrrole nitrogens is 1. The Bertz CT molecular complexity index is 593. The molecule has 18 heavy (non-hydrogen) atoms. The molecular weight excluding hydrogens is 250 g/mol. The molecule has 3 rings (SSSR count). The van der Waals surface area contributed by atoms with E-state index in [1.807, 2.05) is 17.8 Å².